The second kappa shape index (κ2) is 3.86. The lowest BCUT2D eigenvalue weighted by Crippen LogP contribution is -1.99. The quantitative estimate of drug-likeness (QED) is 0.612. The zero-order valence-corrected chi connectivity index (χ0v) is 10.9. The van der Waals surface area contributed by atoms with Crippen molar-refractivity contribution in [2.75, 3.05) is 0 Å². The Labute approximate surface area is 106 Å². The molecule has 2 aromatic rings. The molecule has 0 fully saturated rings. The Kier molecular flexibility index (Phi) is 2.81. The fraction of sp³-hybridized carbons (Fsp3) is 0. The summed E-state index contributed by atoms with van der Waals surface area (Å²) in [5.74, 6) is -0.160. The van der Waals surface area contributed by atoms with Gasteiger partial charge in [-0.05, 0) is 22.6 Å². The van der Waals surface area contributed by atoms with Crippen molar-refractivity contribution in [3.05, 3.63) is 33.9 Å². The van der Waals surface area contributed by atoms with Gasteiger partial charge < -0.3 is 5.11 Å². The Morgan fingerprint density at radius 1 is 1.12 bits per heavy atom. The SMILES string of the molecule is O=S(=O)(O)c1cc(O)c(I)c2ccccc12. The van der Waals surface area contributed by atoms with Gasteiger partial charge in [-0.3, -0.25) is 4.55 Å². The molecule has 4 nitrogen and oxygen atoms in total. The highest BCUT2D eigenvalue weighted by molar-refractivity contribution is 14.1. The van der Waals surface area contributed by atoms with Crippen LogP contribution in [-0.2, 0) is 10.1 Å². The van der Waals surface area contributed by atoms with Crippen molar-refractivity contribution >= 4 is 43.5 Å². The lowest BCUT2D eigenvalue weighted by Gasteiger charge is -2.07. The topological polar surface area (TPSA) is 74.6 Å². The van der Waals surface area contributed by atoms with E-state index in [1.54, 1.807) is 24.3 Å². The molecule has 0 unspecified atom stereocenters. The average molecular weight is 350 g/mol. The molecule has 0 spiro atoms. The molecule has 2 aromatic carbocycles. The van der Waals surface area contributed by atoms with E-state index in [9.17, 15) is 13.5 Å². The second-order valence-corrected chi connectivity index (χ2v) is 5.70. The van der Waals surface area contributed by atoms with E-state index in [0.717, 1.165) is 6.07 Å². The molecule has 0 amide bonds. The Balaban J connectivity index is 3.02. The van der Waals surface area contributed by atoms with Crippen LogP contribution in [0.2, 0.25) is 0 Å². The predicted octanol–water partition coefficient (Wildman–Crippen LogP) is 2.40. The monoisotopic (exact) mass is 350 g/mol. The summed E-state index contributed by atoms with van der Waals surface area (Å²) >= 11 is 1.92. The van der Waals surface area contributed by atoms with Crippen LogP contribution in [0.15, 0.2) is 35.2 Å². The molecular formula is C10H7IO4S. The molecule has 0 aromatic heterocycles. The third kappa shape index (κ3) is 1.87. The van der Waals surface area contributed by atoms with Gasteiger partial charge in [-0.1, -0.05) is 24.3 Å². The van der Waals surface area contributed by atoms with Gasteiger partial charge in [0, 0.05) is 16.8 Å². The molecule has 0 aliphatic rings. The lowest BCUT2D eigenvalue weighted by atomic mass is 10.1. The summed E-state index contributed by atoms with van der Waals surface area (Å²) in [5.41, 5.74) is 0. The standard InChI is InChI=1S/C10H7IO4S/c11-10-7-4-2-1-3-6(7)9(5-8(10)12)16(13,14)15/h1-5,12H,(H,13,14,15). The van der Waals surface area contributed by atoms with Crippen molar-refractivity contribution in [1.82, 2.24) is 0 Å². The van der Waals surface area contributed by atoms with E-state index in [4.69, 9.17) is 4.55 Å². The van der Waals surface area contributed by atoms with Crippen molar-refractivity contribution < 1.29 is 18.1 Å². The first-order valence-corrected chi connectivity index (χ1v) is 6.81. The van der Waals surface area contributed by atoms with Gasteiger partial charge in [0.1, 0.15) is 10.6 Å². The maximum atomic E-state index is 11.2. The predicted molar refractivity (Wildman–Crippen MR) is 68.1 cm³/mol. The first-order chi connectivity index (χ1) is 7.41. The summed E-state index contributed by atoms with van der Waals surface area (Å²) < 4.78 is 31.9. The summed E-state index contributed by atoms with van der Waals surface area (Å²) in [6, 6.07) is 7.73. The Morgan fingerprint density at radius 3 is 2.25 bits per heavy atom. The van der Waals surface area contributed by atoms with E-state index < -0.39 is 10.1 Å². The number of hydrogen-bond acceptors (Lipinski definition) is 3. The van der Waals surface area contributed by atoms with Gasteiger partial charge in [0.15, 0.2) is 0 Å². The zero-order chi connectivity index (χ0) is 11.9. The molecule has 0 saturated carbocycles. The molecule has 2 N–H and O–H groups in total. The van der Waals surface area contributed by atoms with Crippen LogP contribution >= 0.6 is 22.6 Å². The van der Waals surface area contributed by atoms with Gasteiger partial charge in [-0.25, -0.2) is 0 Å². The molecule has 0 radical (unpaired) electrons. The van der Waals surface area contributed by atoms with Gasteiger partial charge in [0.25, 0.3) is 10.1 Å². The van der Waals surface area contributed by atoms with E-state index in [1.165, 1.54) is 0 Å². The fourth-order valence-corrected chi connectivity index (χ4v) is 2.85. The van der Waals surface area contributed by atoms with Crippen molar-refractivity contribution in [3.63, 3.8) is 0 Å². The zero-order valence-electron chi connectivity index (χ0n) is 7.88. The van der Waals surface area contributed by atoms with Crippen LogP contribution in [0.5, 0.6) is 5.75 Å². The van der Waals surface area contributed by atoms with Crippen molar-refractivity contribution in [3.8, 4) is 5.75 Å². The van der Waals surface area contributed by atoms with Gasteiger partial charge in [0.05, 0.1) is 3.57 Å². The van der Waals surface area contributed by atoms with Gasteiger partial charge >= 0.3 is 0 Å². The largest absolute Gasteiger partial charge is 0.507 e. The van der Waals surface area contributed by atoms with E-state index in [2.05, 4.69) is 0 Å². The Morgan fingerprint density at radius 2 is 1.69 bits per heavy atom. The van der Waals surface area contributed by atoms with Crippen molar-refractivity contribution in [2.45, 2.75) is 4.90 Å². The highest BCUT2D eigenvalue weighted by Crippen LogP contribution is 2.33. The average Bonchev–Trinajstić information content (AvgIpc) is 2.22. The number of fused-ring (bicyclic) bond motifs is 1. The fourth-order valence-electron chi connectivity index (χ4n) is 1.51. The smallest absolute Gasteiger partial charge is 0.295 e. The van der Waals surface area contributed by atoms with Gasteiger partial charge in [0.2, 0.25) is 0 Å². The number of hydrogen-bond donors (Lipinski definition) is 2. The number of aromatic hydroxyl groups is 1. The molecule has 0 atom stereocenters. The van der Waals surface area contributed by atoms with Gasteiger partial charge in [-0.2, -0.15) is 8.42 Å². The van der Waals surface area contributed by atoms with Crippen LogP contribution in [0.1, 0.15) is 0 Å². The van der Waals surface area contributed by atoms with E-state index in [0.29, 0.717) is 14.3 Å². The maximum absolute atomic E-state index is 11.2. The van der Waals surface area contributed by atoms with E-state index in [-0.39, 0.29) is 10.6 Å². The van der Waals surface area contributed by atoms with Crippen LogP contribution in [0.4, 0.5) is 0 Å². The molecule has 16 heavy (non-hydrogen) atoms. The Bertz CT molecular complexity index is 664. The molecule has 0 heterocycles. The number of phenolic OH excluding ortho intramolecular Hbond substituents is 1. The van der Waals surface area contributed by atoms with E-state index >= 15 is 0 Å². The summed E-state index contributed by atoms with van der Waals surface area (Å²) in [4.78, 5) is -0.277. The molecule has 2 rings (SSSR count). The summed E-state index contributed by atoms with van der Waals surface area (Å²) in [7, 11) is -4.33. The lowest BCUT2D eigenvalue weighted by molar-refractivity contribution is 0.465. The van der Waals surface area contributed by atoms with Crippen LogP contribution in [0.25, 0.3) is 10.8 Å². The summed E-state index contributed by atoms with van der Waals surface area (Å²) in [6.07, 6.45) is 0. The Hall–Kier alpha value is -0.860. The normalized spacial score (nSPS) is 11.9. The van der Waals surface area contributed by atoms with Crippen molar-refractivity contribution in [1.29, 1.82) is 0 Å². The maximum Gasteiger partial charge on any atom is 0.295 e. The molecule has 84 valence electrons. The third-order valence-electron chi connectivity index (χ3n) is 2.20. The molecule has 0 saturated heterocycles. The molecule has 6 heteroatoms. The van der Waals surface area contributed by atoms with Crippen LogP contribution in [0.3, 0.4) is 0 Å². The highest BCUT2D eigenvalue weighted by Gasteiger charge is 2.17. The number of halogens is 1. The first kappa shape index (κ1) is 11.6. The summed E-state index contributed by atoms with van der Waals surface area (Å²) in [5, 5.41) is 10.6. The molecule has 0 aliphatic carbocycles. The van der Waals surface area contributed by atoms with Crippen LogP contribution in [0, 0.1) is 3.57 Å². The minimum atomic E-state index is -4.33. The third-order valence-corrected chi connectivity index (χ3v) is 4.23. The molecule has 0 aliphatic heterocycles. The van der Waals surface area contributed by atoms with Crippen molar-refractivity contribution in [2.24, 2.45) is 0 Å². The van der Waals surface area contributed by atoms with Gasteiger partial charge in [-0.15, -0.1) is 0 Å². The summed E-state index contributed by atoms with van der Waals surface area (Å²) in [6.45, 7) is 0. The first-order valence-electron chi connectivity index (χ1n) is 4.29. The highest BCUT2D eigenvalue weighted by atomic mass is 127. The number of rotatable bonds is 1. The second-order valence-electron chi connectivity index (χ2n) is 3.23. The number of benzene rings is 2. The molecule has 0 bridgehead atoms. The van der Waals surface area contributed by atoms with Crippen LogP contribution < -0.4 is 0 Å². The van der Waals surface area contributed by atoms with Crippen LogP contribution in [-0.4, -0.2) is 18.1 Å². The minimum absolute atomic E-state index is 0.160. The number of phenols is 1. The minimum Gasteiger partial charge on any atom is -0.507 e. The van der Waals surface area contributed by atoms with E-state index in [1.807, 2.05) is 22.6 Å². The molecular weight excluding hydrogens is 343 g/mol.